The Morgan fingerprint density at radius 3 is 2.17 bits per heavy atom. The summed E-state index contributed by atoms with van der Waals surface area (Å²) in [4.78, 5) is 55.9. The second-order valence-corrected chi connectivity index (χ2v) is 14.5. The lowest BCUT2D eigenvalue weighted by Gasteiger charge is -2.34. The van der Waals surface area contributed by atoms with Crippen LogP contribution in [0, 0.1) is 0 Å². The standard InChI is InChI=1S/C29H29Cl2N3O6S/c30-18-7-5-17(6-8-18)28(11-12-28)27(38)34(29(13-14-29)24(35)25(36)33-19-9-10-19)26(37)22-15-20(16-32-22)41(39,40)23-4-2-1-3-21(23)31/h1-8,19-20,22,32H,9-16H2,(H,33,36)/t20-,22+/m1/s1. The van der Waals surface area contributed by atoms with Crippen molar-refractivity contribution in [2.24, 2.45) is 0 Å². The van der Waals surface area contributed by atoms with E-state index in [9.17, 15) is 27.6 Å². The Labute approximate surface area is 247 Å². The van der Waals surface area contributed by atoms with E-state index in [1.807, 2.05) is 0 Å². The third kappa shape index (κ3) is 4.98. The Kier molecular flexibility index (Phi) is 7.04. The van der Waals surface area contributed by atoms with Gasteiger partial charge in [-0.3, -0.25) is 24.1 Å². The maximum Gasteiger partial charge on any atom is 0.290 e. The molecule has 1 aliphatic heterocycles. The zero-order valence-electron chi connectivity index (χ0n) is 22.1. The molecule has 0 bridgehead atoms. The van der Waals surface area contributed by atoms with Gasteiger partial charge in [0, 0.05) is 17.6 Å². The van der Waals surface area contributed by atoms with Crippen LogP contribution in [0.15, 0.2) is 53.4 Å². The zero-order valence-corrected chi connectivity index (χ0v) is 24.4. The van der Waals surface area contributed by atoms with Gasteiger partial charge in [0.05, 0.1) is 26.6 Å². The number of hydrogen-bond donors (Lipinski definition) is 2. The molecule has 0 spiro atoms. The quantitative estimate of drug-likeness (QED) is 0.327. The lowest BCUT2D eigenvalue weighted by atomic mass is 9.92. The summed E-state index contributed by atoms with van der Waals surface area (Å²) < 4.78 is 26.8. The largest absolute Gasteiger partial charge is 0.347 e. The highest BCUT2D eigenvalue weighted by Crippen LogP contribution is 2.54. The predicted octanol–water partition coefficient (Wildman–Crippen LogP) is 2.96. The van der Waals surface area contributed by atoms with E-state index in [0.717, 1.165) is 17.7 Å². The molecule has 41 heavy (non-hydrogen) atoms. The van der Waals surface area contributed by atoms with Crippen LogP contribution in [0.4, 0.5) is 0 Å². The fraction of sp³-hybridized carbons (Fsp3) is 0.448. The van der Waals surface area contributed by atoms with E-state index in [1.54, 1.807) is 36.4 Å². The number of sulfone groups is 1. The summed E-state index contributed by atoms with van der Waals surface area (Å²) in [5.74, 6) is -2.85. The van der Waals surface area contributed by atoms with Gasteiger partial charge < -0.3 is 10.6 Å². The van der Waals surface area contributed by atoms with Crippen LogP contribution >= 0.6 is 23.2 Å². The highest BCUT2D eigenvalue weighted by Gasteiger charge is 2.66. The molecule has 0 radical (unpaired) electrons. The molecule has 6 rings (SSSR count). The van der Waals surface area contributed by atoms with Gasteiger partial charge in [0.2, 0.25) is 17.6 Å². The second kappa shape index (κ2) is 10.2. The number of benzene rings is 2. The van der Waals surface area contributed by atoms with Crippen molar-refractivity contribution in [1.82, 2.24) is 15.5 Å². The Morgan fingerprint density at radius 2 is 1.59 bits per heavy atom. The molecule has 2 N–H and O–H groups in total. The molecule has 3 amide bonds. The minimum atomic E-state index is -3.89. The monoisotopic (exact) mass is 617 g/mol. The number of ketones is 1. The van der Waals surface area contributed by atoms with Gasteiger partial charge in [-0.05, 0) is 74.8 Å². The van der Waals surface area contributed by atoms with Gasteiger partial charge in [0.15, 0.2) is 9.84 Å². The van der Waals surface area contributed by atoms with E-state index in [4.69, 9.17) is 23.2 Å². The number of nitrogens with one attached hydrogen (secondary N) is 2. The molecular weight excluding hydrogens is 589 g/mol. The zero-order chi connectivity index (χ0) is 29.2. The van der Waals surface area contributed by atoms with Crippen LogP contribution in [-0.2, 0) is 34.4 Å². The molecule has 0 aromatic heterocycles. The Bertz CT molecular complexity index is 1550. The lowest BCUT2D eigenvalue weighted by molar-refractivity contribution is -0.157. The number of nitrogens with zero attached hydrogens (tertiary/aromatic N) is 1. The highest BCUT2D eigenvalue weighted by atomic mass is 35.5. The SMILES string of the molecule is O=C(NC1CC1)C(=O)C1(N(C(=O)[C@@H]2C[C@@H](S(=O)(=O)c3ccccc3Cl)CN2)C(=O)C2(c3ccc(Cl)cc3)CC2)CC1. The van der Waals surface area contributed by atoms with Gasteiger partial charge >= 0.3 is 0 Å². The summed E-state index contributed by atoms with van der Waals surface area (Å²) >= 11 is 12.2. The van der Waals surface area contributed by atoms with Crippen molar-refractivity contribution in [3.05, 3.63) is 64.1 Å². The number of halogens is 2. The van der Waals surface area contributed by atoms with E-state index in [2.05, 4.69) is 10.6 Å². The highest BCUT2D eigenvalue weighted by molar-refractivity contribution is 7.92. The van der Waals surface area contributed by atoms with Crippen LogP contribution in [-0.4, -0.2) is 66.2 Å². The summed E-state index contributed by atoms with van der Waals surface area (Å²) in [6, 6.07) is 11.8. The number of Topliss-reactive ketones (excluding diaryl/α,β-unsaturated/α-hetero) is 1. The maximum absolute atomic E-state index is 14.3. The predicted molar refractivity (Wildman–Crippen MR) is 151 cm³/mol. The normalized spacial score (nSPS) is 23.9. The first-order valence-electron chi connectivity index (χ1n) is 13.7. The first-order chi connectivity index (χ1) is 19.5. The number of rotatable bonds is 9. The van der Waals surface area contributed by atoms with E-state index < -0.39 is 55.6 Å². The van der Waals surface area contributed by atoms with Crippen LogP contribution in [0.1, 0.15) is 50.5 Å². The summed E-state index contributed by atoms with van der Waals surface area (Å²) in [5.41, 5.74) is -1.93. The minimum absolute atomic E-state index is 0.0280. The van der Waals surface area contributed by atoms with Crippen molar-refractivity contribution in [3.63, 3.8) is 0 Å². The number of imide groups is 1. The number of carbonyl (C=O) groups excluding carboxylic acids is 4. The average Bonchev–Trinajstić information content (AvgIpc) is 3.87. The minimum Gasteiger partial charge on any atom is -0.347 e. The topological polar surface area (TPSA) is 130 Å². The number of amides is 3. The molecule has 4 fully saturated rings. The summed E-state index contributed by atoms with van der Waals surface area (Å²) in [6.07, 6.45) is 2.73. The van der Waals surface area contributed by atoms with Crippen LogP contribution < -0.4 is 10.6 Å². The summed E-state index contributed by atoms with van der Waals surface area (Å²) in [6.45, 7) is -0.0303. The molecular formula is C29H29Cl2N3O6S. The van der Waals surface area contributed by atoms with Crippen molar-refractivity contribution in [1.29, 1.82) is 0 Å². The molecule has 3 aliphatic carbocycles. The molecule has 216 valence electrons. The molecule has 2 atom stereocenters. The molecule has 0 unspecified atom stereocenters. The van der Waals surface area contributed by atoms with Crippen molar-refractivity contribution in [3.8, 4) is 0 Å². The van der Waals surface area contributed by atoms with Gasteiger partial charge in [-0.25, -0.2) is 8.42 Å². The molecule has 12 heteroatoms. The molecule has 9 nitrogen and oxygen atoms in total. The summed E-state index contributed by atoms with van der Waals surface area (Å²) in [7, 11) is -3.89. The maximum atomic E-state index is 14.3. The molecule has 1 saturated heterocycles. The van der Waals surface area contributed by atoms with E-state index in [0.29, 0.717) is 23.4 Å². The van der Waals surface area contributed by atoms with Gasteiger partial charge in [-0.15, -0.1) is 0 Å². The first kappa shape index (κ1) is 28.3. The average molecular weight is 619 g/mol. The first-order valence-corrected chi connectivity index (χ1v) is 16.0. The van der Waals surface area contributed by atoms with Gasteiger partial charge in [-0.1, -0.05) is 47.5 Å². The number of carbonyl (C=O) groups is 4. The molecule has 2 aromatic rings. The van der Waals surface area contributed by atoms with E-state index >= 15 is 0 Å². The Balaban J connectivity index is 1.31. The van der Waals surface area contributed by atoms with Crippen molar-refractivity contribution >= 4 is 56.5 Å². The third-order valence-electron chi connectivity index (χ3n) is 8.64. The van der Waals surface area contributed by atoms with Gasteiger partial charge in [0.25, 0.3) is 5.91 Å². The van der Waals surface area contributed by atoms with Gasteiger partial charge in [-0.2, -0.15) is 0 Å². The van der Waals surface area contributed by atoms with Crippen molar-refractivity contribution in [2.45, 2.75) is 78.1 Å². The smallest absolute Gasteiger partial charge is 0.290 e. The fourth-order valence-corrected chi connectivity index (χ4v) is 8.05. The van der Waals surface area contributed by atoms with Gasteiger partial charge in [0.1, 0.15) is 5.54 Å². The number of hydrogen-bond acceptors (Lipinski definition) is 7. The molecule has 3 saturated carbocycles. The van der Waals surface area contributed by atoms with Crippen LogP contribution in [0.5, 0.6) is 0 Å². The lowest BCUT2D eigenvalue weighted by Crippen LogP contribution is -2.60. The van der Waals surface area contributed by atoms with Crippen molar-refractivity contribution in [2.75, 3.05) is 6.54 Å². The molecule has 2 aromatic carbocycles. The third-order valence-corrected chi connectivity index (χ3v) is 11.5. The van der Waals surface area contributed by atoms with Crippen molar-refractivity contribution < 1.29 is 27.6 Å². The van der Waals surface area contributed by atoms with Crippen LogP contribution in [0.3, 0.4) is 0 Å². The summed E-state index contributed by atoms with van der Waals surface area (Å²) in [5, 5.41) is 5.27. The van der Waals surface area contributed by atoms with E-state index in [-0.39, 0.29) is 41.8 Å². The van der Waals surface area contributed by atoms with E-state index in [1.165, 1.54) is 12.1 Å². The fourth-order valence-electron chi connectivity index (χ4n) is 5.74. The van der Waals surface area contributed by atoms with Crippen LogP contribution in [0.2, 0.25) is 10.0 Å². The second-order valence-electron chi connectivity index (χ2n) is 11.5. The molecule has 4 aliphatic rings. The Hall–Kier alpha value is -2.79. The Morgan fingerprint density at radius 1 is 0.927 bits per heavy atom. The molecule has 1 heterocycles. The van der Waals surface area contributed by atoms with Crippen LogP contribution in [0.25, 0.3) is 0 Å².